The van der Waals surface area contributed by atoms with Crippen LogP contribution in [0.4, 0.5) is 0 Å². The Hall–Kier alpha value is -0.930. The van der Waals surface area contributed by atoms with Gasteiger partial charge in [-0.3, -0.25) is 0 Å². The van der Waals surface area contributed by atoms with Crippen molar-refractivity contribution in [1.29, 1.82) is 0 Å². The quantitative estimate of drug-likeness (QED) is 0.886. The molecule has 19 heavy (non-hydrogen) atoms. The number of nitrogens with zero attached hydrogens (tertiary/aromatic N) is 1. The summed E-state index contributed by atoms with van der Waals surface area (Å²) in [4.78, 5) is 4.73. The molecule has 0 saturated heterocycles. The molecule has 1 aromatic heterocycles. The minimum absolute atomic E-state index is 0.374. The SMILES string of the molecule is CC(NCC1CCCCC1)c1nc2ccccc2s1. The third-order valence-electron chi connectivity index (χ3n) is 4.12. The van der Waals surface area contributed by atoms with Gasteiger partial charge in [0.05, 0.1) is 16.3 Å². The molecular weight excluding hydrogens is 252 g/mol. The average Bonchev–Trinajstić information content (AvgIpc) is 2.90. The van der Waals surface area contributed by atoms with Gasteiger partial charge in [-0.15, -0.1) is 11.3 Å². The van der Waals surface area contributed by atoms with Crippen LogP contribution in [-0.4, -0.2) is 11.5 Å². The predicted octanol–water partition coefficient (Wildman–Crippen LogP) is 4.53. The number of benzene rings is 1. The lowest BCUT2D eigenvalue weighted by Gasteiger charge is -2.23. The Kier molecular flexibility index (Phi) is 4.14. The summed E-state index contributed by atoms with van der Waals surface area (Å²) in [7, 11) is 0. The van der Waals surface area contributed by atoms with Crippen LogP contribution in [0.2, 0.25) is 0 Å². The van der Waals surface area contributed by atoms with Gasteiger partial charge in [-0.25, -0.2) is 4.98 Å². The molecule has 3 rings (SSSR count). The Morgan fingerprint density at radius 1 is 1.26 bits per heavy atom. The molecular formula is C16H22N2S. The lowest BCUT2D eigenvalue weighted by Crippen LogP contribution is -2.26. The topological polar surface area (TPSA) is 24.9 Å². The number of hydrogen-bond donors (Lipinski definition) is 1. The van der Waals surface area contributed by atoms with E-state index in [1.54, 1.807) is 0 Å². The van der Waals surface area contributed by atoms with Crippen LogP contribution in [0.5, 0.6) is 0 Å². The molecule has 1 atom stereocenters. The smallest absolute Gasteiger partial charge is 0.111 e. The van der Waals surface area contributed by atoms with Crippen LogP contribution in [0.1, 0.15) is 50.1 Å². The molecule has 0 bridgehead atoms. The van der Waals surface area contributed by atoms with Crippen molar-refractivity contribution < 1.29 is 0 Å². The zero-order chi connectivity index (χ0) is 13.1. The van der Waals surface area contributed by atoms with Crippen molar-refractivity contribution in [3.8, 4) is 0 Å². The first-order chi connectivity index (χ1) is 9.33. The third-order valence-corrected chi connectivity index (χ3v) is 5.34. The average molecular weight is 274 g/mol. The number of rotatable bonds is 4. The van der Waals surface area contributed by atoms with Crippen molar-refractivity contribution >= 4 is 21.6 Å². The van der Waals surface area contributed by atoms with Crippen LogP contribution in [0.15, 0.2) is 24.3 Å². The zero-order valence-electron chi connectivity index (χ0n) is 11.6. The van der Waals surface area contributed by atoms with Crippen molar-refractivity contribution in [2.45, 2.75) is 45.1 Å². The van der Waals surface area contributed by atoms with E-state index in [9.17, 15) is 0 Å². The molecule has 0 spiro atoms. The summed E-state index contributed by atoms with van der Waals surface area (Å²) in [6.45, 7) is 3.39. The maximum Gasteiger partial charge on any atom is 0.111 e. The second-order valence-electron chi connectivity index (χ2n) is 5.65. The van der Waals surface area contributed by atoms with E-state index >= 15 is 0 Å². The monoisotopic (exact) mass is 274 g/mol. The zero-order valence-corrected chi connectivity index (χ0v) is 12.4. The number of fused-ring (bicyclic) bond motifs is 1. The number of hydrogen-bond acceptors (Lipinski definition) is 3. The van der Waals surface area contributed by atoms with Gasteiger partial charge in [0.15, 0.2) is 0 Å². The summed E-state index contributed by atoms with van der Waals surface area (Å²) in [6.07, 6.45) is 7.08. The second-order valence-corrected chi connectivity index (χ2v) is 6.72. The summed E-state index contributed by atoms with van der Waals surface area (Å²) in [5, 5.41) is 4.90. The molecule has 2 nitrogen and oxygen atoms in total. The Morgan fingerprint density at radius 3 is 2.84 bits per heavy atom. The molecule has 1 N–H and O–H groups in total. The highest BCUT2D eigenvalue weighted by Gasteiger charge is 2.16. The maximum atomic E-state index is 4.73. The van der Waals surface area contributed by atoms with E-state index in [4.69, 9.17) is 4.98 Å². The summed E-state index contributed by atoms with van der Waals surface area (Å²) < 4.78 is 1.30. The summed E-state index contributed by atoms with van der Waals surface area (Å²) in [6, 6.07) is 8.78. The number of nitrogens with one attached hydrogen (secondary N) is 1. The largest absolute Gasteiger partial charge is 0.308 e. The molecule has 1 fully saturated rings. The van der Waals surface area contributed by atoms with E-state index in [-0.39, 0.29) is 0 Å². The van der Waals surface area contributed by atoms with E-state index in [0.29, 0.717) is 6.04 Å². The first-order valence-corrected chi connectivity index (χ1v) is 8.23. The predicted molar refractivity (Wildman–Crippen MR) is 82.6 cm³/mol. The van der Waals surface area contributed by atoms with Gasteiger partial charge in [-0.1, -0.05) is 31.4 Å². The molecule has 1 unspecified atom stereocenters. The van der Waals surface area contributed by atoms with Crippen molar-refractivity contribution in [2.24, 2.45) is 5.92 Å². The van der Waals surface area contributed by atoms with E-state index < -0.39 is 0 Å². The van der Waals surface area contributed by atoms with Crippen LogP contribution < -0.4 is 5.32 Å². The Bertz CT molecular complexity index is 495. The van der Waals surface area contributed by atoms with Gasteiger partial charge in [-0.05, 0) is 44.4 Å². The second kappa shape index (κ2) is 6.02. The van der Waals surface area contributed by atoms with Crippen LogP contribution in [0.25, 0.3) is 10.2 Å². The molecule has 1 aliphatic carbocycles. The molecule has 1 aliphatic rings. The molecule has 0 radical (unpaired) electrons. The van der Waals surface area contributed by atoms with Crippen LogP contribution in [-0.2, 0) is 0 Å². The van der Waals surface area contributed by atoms with E-state index in [0.717, 1.165) is 18.0 Å². The highest BCUT2D eigenvalue weighted by atomic mass is 32.1. The fourth-order valence-corrected chi connectivity index (χ4v) is 3.89. The molecule has 2 aromatic rings. The Balaban J connectivity index is 1.61. The van der Waals surface area contributed by atoms with Gasteiger partial charge in [0.2, 0.25) is 0 Å². The van der Waals surface area contributed by atoms with Gasteiger partial charge in [0.1, 0.15) is 5.01 Å². The van der Waals surface area contributed by atoms with Crippen LogP contribution in [0, 0.1) is 5.92 Å². The fraction of sp³-hybridized carbons (Fsp3) is 0.562. The number of aromatic nitrogens is 1. The van der Waals surface area contributed by atoms with Crippen molar-refractivity contribution in [1.82, 2.24) is 10.3 Å². The lowest BCUT2D eigenvalue weighted by molar-refractivity contribution is 0.331. The summed E-state index contributed by atoms with van der Waals surface area (Å²) in [5.74, 6) is 0.880. The number of thiazole rings is 1. The van der Waals surface area contributed by atoms with Gasteiger partial charge in [0.25, 0.3) is 0 Å². The van der Waals surface area contributed by atoms with Gasteiger partial charge in [0, 0.05) is 0 Å². The van der Waals surface area contributed by atoms with Crippen LogP contribution >= 0.6 is 11.3 Å². The molecule has 102 valence electrons. The molecule has 1 heterocycles. The minimum atomic E-state index is 0.374. The normalized spacial score (nSPS) is 18.8. The van der Waals surface area contributed by atoms with E-state index in [1.165, 1.54) is 41.8 Å². The fourth-order valence-electron chi connectivity index (χ4n) is 2.90. The summed E-state index contributed by atoms with van der Waals surface area (Å²) in [5.41, 5.74) is 1.13. The highest BCUT2D eigenvalue weighted by molar-refractivity contribution is 7.18. The highest BCUT2D eigenvalue weighted by Crippen LogP contribution is 2.27. The molecule has 0 aliphatic heterocycles. The maximum absolute atomic E-state index is 4.73. The first-order valence-electron chi connectivity index (χ1n) is 7.42. The van der Waals surface area contributed by atoms with E-state index in [1.807, 2.05) is 11.3 Å². The van der Waals surface area contributed by atoms with Crippen molar-refractivity contribution in [2.75, 3.05) is 6.54 Å². The van der Waals surface area contributed by atoms with Gasteiger partial charge >= 0.3 is 0 Å². The van der Waals surface area contributed by atoms with Gasteiger partial charge in [-0.2, -0.15) is 0 Å². The summed E-state index contributed by atoms with van der Waals surface area (Å²) >= 11 is 1.82. The van der Waals surface area contributed by atoms with Crippen molar-refractivity contribution in [3.05, 3.63) is 29.3 Å². The van der Waals surface area contributed by atoms with Crippen molar-refractivity contribution in [3.63, 3.8) is 0 Å². The van der Waals surface area contributed by atoms with Crippen LogP contribution in [0.3, 0.4) is 0 Å². The standard InChI is InChI=1S/C16H22N2S/c1-12(17-11-13-7-3-2-4-8-13)16-18-14-9-5-6-10-15(14)19-16/h5-6,9-10,12-13,17H,2-4,7-8,11H2,1H3. The first kappa shape index (κ1) is 13.1. The molecule has 1 saturated carbocycles. The van der Waals surface area contributed by atoms with E-state index in [2.05, 4.69) is 36.5 Å². The Labute approximate surface area is 119 Å². The third kappa shape index (κ3) is 3.15. The molecule has 1 aromatic carbocycles. The molecule has 3 heteroatoms. The lowest BCUT2D eigenvalue weighted by atomic mass is 9.89. The van der Waals surface area contributed by atoms with Gasteiger partial charge < -0.3 is 5.32 Å². The Morgan fingerprint density at radius 2 is 2.05 bits per heavy atom. The minimum Gasteiger partial charge on any atom is -0.308 e. The number of para-hydroxylation sites is 1. The molecule has 0 amide bonds.